The van der Waals surface area contributed by atoms with Crippen molar-refractivity contribution in [1.29, 1.82) is 0 Å². The Morgan fingerprint density at radius 1 is 1.60 bits per heavy atom. The first-order valence-electron chi connectivity index (χ1n) is 5.01. The van der Waals surface area contributed by atoms with Gasteiger partial charge < -0.3 is 9.90 Å². The van der Waals surface area contributed by atoms with E-state index in [1.165, 1.54) is 0 Å². The summed E-state index contributed by atoms with van der Waals surface area (Å²) >= 11 is 6.10. The third-order valence-electron chi connectivity index (χ3n) is 2.25. The second-order valence-electron chi connectivity index (χ2n) is 3.28. The first-order chi connectivity index (χ1) is 7.13. The summed E-state index contributed by atoms with van der Waals surface area (Å²) in [6.45, 7) is 4.59. The number of aromatic nitrogens is 2. The number of hydrogen-bond donors (Lipinski definition) is 1. The molecule has 1 N–H and O–H groups in total. The fourth-order valence-electron chi connectivity index (χ4n) is 1.46. The Balaban J connectivity index is 3.02. The molecular formula is C10H15ClN2O2. The molecule has 0 radical (unpaired) electrons. The lowest BCUT2D eigenvalue weighted by Gasteiger charge is -2.06. The zero-order valence-electron chi connectivity index (χ0n) is 8.90. The number of aliphatic hydroxyl groups excluding tert-OH is 1. The van der Waals surface area contributed by atoms with Gasteiger partial charge in [0.25, 0.3) is 0 Å². The summed E-state index contributed by atoms with van der Waals surface area (Å²) in [5.41, 5.74) is 1.54. The van der Waals surface area contributed by atoms with Crippen LogP contribution in [0.4, 0.5) is 0 Å². The van der Waals surface area contributed by atoms with Crippen LogP contribution in [0, 0.1) is 0 Å². The number of halogens is 1. The average Bonchev–Trinajstić information content (AvgIpc) is 2.55. The summed E-state index contributed by atoms with van der Waals surface area (Å²) < 4.78 is 1.73. The van der Waals surface area contributed by atoms with E-state index >= 15 is 0 Å². The Bertz CT molecular complexity index is 349. The van der Waals surface area contributed by atoms with Gasteiger partial charge in [0.15, 0.2) is 0 Å². The number of carbonyl (C=O) groups excluding carboxylic acids is 1. The summed E-state index contributed by atoms with van der Waals surface area (Å²) in [5.74, 6) is 0. The summed E-state index contributed by atoms with van der Waals surface area (Å²) in [4.78, 5) is 10.4. The number of nitrogens with zero attached hydrogens (tertiary/aromatic N) is 2. The van der Waals surface area contributed by atoms with Crippen LogP contribution in [0.3, 0.4) is 0 Å². The van der Waals surface area contributed by atoms with E-state index in [9.17, 15) is 9.90 Å². The summed E-state index contributed by atoms with van der Waals surface area (Å²) in [7, 11) is 0. The maximum atomic E-state index is 10.4. The van der Waals surface area contributed by atoms with Crippen molar-refractivity contribution in [3.63, 3.8) is 0 Å². The highest BCUT2D eigenvalue weighted by molar-refractivity contribution is 6.31. The average molecular weight is 231 g/mol. The Hall–Kier alpha value is -0.870. The Morgan fingerprint density at radius 2 is 2.27 bits per heavy atom. The molecule has 5 heteroatoms. The minimum atomic E-state index is -1.01. The van der Waals surface area contributed by atoms with Gasteiger partial charge in [-0.3, -0.25) is 4.68 Å². The van der Waals surface area contributed by atoms with Crippen LogP contribution >= 0.6 is 11.6 Å². The van der Waals surface area contributed by atoms with Gasteiger partial charge in [0.05, 0.1) is 16.4 Å². The normalized spacial score (nSPS) is 12.8. The lowest BCUT2D eigenvalue weighted by Crippen LogP contribution is -2.15. The van der Waals surface area contributed by atoms with Crippen LogP contribution in [0.25, 0.3) is 0 Å². The van der Waals surface area contributed by atoms with Crippen molar-refractivity contribution in [3.8, 4) is 0 Å². The number of aryl methyl sites for hydroxylation is 2. The Morgan fingerprint density at radius 3 is 2.73 bits per heavy atom. The lowest BCUT2D eigenvalue weighted by atomic mass is 10.2. The first kappa shape index (κ1) is 12.2. The number of hydrogen-bond acceptors (Lipinski definition) is 3. The zero-order chi connectivity index (χ0) is 11.4. The van der Waals surface area contributed by atoms with Crippen LogP contribution in [0.2, 0.25) is 5.02 Å². The molecule has 1 aromatic rings. The van der Waals surface area contributed by atoms with Gasteiger partial charge in [0.1, 0.15) is 12.4 Å². The molecule has 1 aromatic heterocycles. The summed E-state index contributed by atoms with van der Waals surface area (Å²) in [5, 5.41) is 14.1. The standard InChI is InChI=1S/C10H15ClN2O2/c1-3-8-10(11)9(5-7(15)6-14)13(4-2)12-8/h6-7,15H,3-5H2,1-2H3. The van der Waals surface area contributed by atoms with Gasteiger partial charge in [-0.1, -0.05) is 18.5 Å². The summed E-state index contributed by atoms with van der Waals surface area (Å²) in [6, 6.07) is 0. The third kappa shape index (κ3) is 2.58. The molecule has 0 fully saturated rings. The molecule has 0 aliphatic rings. The van der Waals surface area contributed by atoms with Crippen LogP contribution in [-0.4, -0.2) is 27.3 Å². The van der Waals surface area contributed by atoms with Crippen molar-refractivity contribution >= 4 is 17.9 Å². The van der Waals surface area contributed by atoms with E-state index in [-0.39, 0.29) is 6.42 Å². The predicted octanol–water partition coefficient (Wildman–Crippen LogP) is 1.22. The van der Waals surface area contributed by atoms with Crippen LogP contribution < -0.4 is 0 Å². The Kier molecular flexibility index (Phi) is 4.29. The third-order valence-corrected chi connectivity index (χ3v) is 2.69. The highest BCUT2D eigenvalue weighted by atomic mass is 35.5. The SMILES string of the molecule is CCc1nn(CC)c(CC(O)C=O)c1Cl. The molecule has 1 unspecified atom stereocenters. The van der Waals surface area contributed by atoms with E-state index in [2.05, 4.69) is 5.10 Å². The zero-order valence-corrected chi connectivity index (χ0v) is 9.66. The summed E-state index contributed by atoms with van der Waals surface area (Å²) in [6.07, 6.45) is 0.475. The van der Waals surface area contributed by atoms with E-state index < -0.39 is 6.10 Å². The van der Waals surface area contributed by atoms with Crippen LogP contribution in [-0.2, 0) is 24.2 Å². The minimum Gasteiger partial charge on any atom is -0.385 e. The van der Waals surface area contributed by atoms with E-state index in [0.29, 0.717) is 17.9 Å². The monoisotopic (exact) mass is 230 g/mol. The van der Waals surface area contributed by atoms with Gasteiger partial charge in [0, 0.05) is 13.0 Å². The Labute approximate surface area is 93.9 Å². The van der Waals surface area contributed by atoms with Gasteiger partial charge in [0.2, 0.25) is 0 Å². The van der Waals surface area contributed by atoms with Crippen molar-refractivity contribution < 1.29 is 9.90 Å². The molecule has 1 rings (SSSR count). The minimum absolute atomic E-state index is 0.225. The number of aliphatic hydroxyl groups is 1. The maximum absolute atomic E-state index is 10.4. The van der Waals surface area contributed by atoms with Crippen LogP contribution in [0.15, 0.2) is 0 Å². The molecule has 0 bridgehead atoms. The predicted molar refractivity (Wildman–Crippen MR) is 58.1 cm³/mol. The molecule has 1 atom stereocenters. The molecule has 0 saturated carbocycles. The largest absolute Gasteiger partial charge is 0.385 e. The molecule has 0 spiro atoms. The molecule has 0 amide bonds. The lowest BCUT2D eigenvalue weighted by molar-refractivity contribution is -0.114. The van der Waals surface area contributed by atoms with E-state index in [4.69, 9.17) is 11.6 Å². The fraction of sp³-hybridized carbons (Fsp3) is 0.600. The van der Waals surface area contributed by atoms with Gasteiger partial charge in [-0.2, -0.15) is 5.10 Å². The van der Waals surface area contributed by atoms with Crippen LogP contribution in [0.1, 0.15) is 25.2 Å². The first-order valence-corrected chi connectivity index (χ1v) is 5.39. The maximum Gasteiger partial charge on any atom is 0.148 e. The highest BCUT2D eigenvalue weighted by Gasteiger charge is 2.16. The quantitative estimate of drug-likeness (QED) is 0.774. The molecule has 0 saturated heterocycles. The second-order valence-corrected chi connectivity index (χ2v) is 3.66. The molecule has 0 aliphatic heterocycles. The molecule has 0 aromatic carbocycles. The number of carbonyl (C=O) groups is 1. The molecular weight excluding hydrogens is 216 g/mol. The second kappa shape index (κ2) is 5.28. The smallest absolute Gasteiger partial charge is 0.148 e. The topological polar surface area (TPSA) is 55.1 Å². The molecule has 0 aliphatic carbocycles. The van der Waals surface area contributed by atoms with Gasteiger partial charge in [-0.25, -0.2) is 0 Å². The molecule has 4 nitrogen and oxygen atoms in total. The van der Waals surface area contributed by atoms with E-state index in [1.54, 1.807) is 4.68 Å². The molecule has 84 valence electrons. The number of aldehydes is 1. The van der Waals surface area contributed by atoms with Crippen molar-refractivity contribution in [2.45, 2.75) is 39.3 Å². The van der Waals surface area contributed by atoms with Crippen molar-refractivity contribution in [3.05, 3.63) is 16.4 Å². The van der Waals surface area contributed by atoms with E-state index in [1.807, 2.05) is 13.8 Å². The van der Waals surface area contributed by atoms with Gasteiger partial charge >= 0.3 is 0 Å². The van der Waals surface area contributed by atoms with E-state index in [0.717, 1.165) is 17.8 Å². The molecule has 1 heterocycles. The van der Waals surface area contributed by atoms with Gasteiger partial charge in [-0.15, -0.1) is 0 Å². The van der Waals surface area contributed by atoms with Crippen LogP contribution in [0.5, 0.6) is 0 Å². The fourth-order valence-corrected chi connectivity index (χ4v) is 1.80. The van der Waals surface area contributed by atoms with Crippen molar-refractivity contribution in [2.75, 3.05) is 0 Å². The van der Waals surface area contributed by atoms with Crippen molar-refractivity contribution in [2.24, 2.45) is 0 Å². The highest BCUT2D eigenvalue weighted by Crippen LogP contribution is 2.22. The van der Waals surface area contributed by atoms with Gasteiger partial charge in [-0.05, 0) is 13.3 Å². The number of rotatable bonds is 5. The molecule has 15 heavy (non-hydrogen) atoms. The van der Waals surface area contributed by atoms with Crippen molar-refractivity contribution in [1.82, 2.24) is 9.78 Å².